The highest BCUT2D eigenvalue weighted by Gasteiger charge is 2.15. The summed E-state index contributed by atoms with van der Waals surface area (Å²) in [5, 5.41) is 11.2. The van der Waals surface area contributed by atoms with Crippen LogP contribution in [0.2, 0.25) is 0 Å². The Labute approximate surface area is 161 Å². The number of carbonyl (C=O) groups excluding carboxylic acids is 1. The van der Waals surface area contributed by atoms with Crippen LogP contribution in [0, 0.1) is 6.92 Å². The Bertz CT molecular complexity index is 1050. The number of ether oxygens (including phenoxy) is 2. The predicted octanol–water partition coefficient (Wildman–Crippen LogP) is 1.61. The van der Waals surface area contributed by atoms with Gasteiger partial charge in [0.2, 0.25) is 5.91 Å². The Morgan fingerprint density at radius 2 is 1.82 bits per heavy atom. The van der Waals surface area contributed by atoms with Crippen molar-refractivity contribution in [2.75, 3.05) is 19.5 Å². The molecule has 3 rings (SSSR count). The number of hydrogen-bond acceptors (Lipinski definition) is 6. The summed E-state index contributed by atoms with van der Waals surface area (Å²) in [6.07, 6.45) is 0. The van der Waals surface area contributed by atoms with Gasteiger partial charge in [-0.1, -0.05) is 0 Å². The fraction of sp³-hybridized carbons (Fsp3) is 0.263. The predicted molar refractivity (Wildman–Crippen MR) is 104 cm³/mol. The van der Waals surface area contributed by atoms with Gasteiger partial charge in [-0.2, -0.15) is 10.2 Å². The van der Waals surface area contributed by atoms with Crippen molar-refractivity contribution in [2.24, 2.45) is 7.05 Å². The van der Waals surface area contributed by atoms with Crippen LogP contribution in [0.25, 0.3) is 11.3 Å². The summed E-state index contributed by atoms with van der Waals surface area (Å²) < 4.78 is 13.1. The summed E-state index contributed by atoms with van der Waals surface area (Å²) in [4.78, 5) is 24.7. The van der Waals surface area contributed by atoms with Crippen molar-refractivity contribution in [1.82, 2.24) is 19.6 Å². The molecule has 0 saturated carbocycles. The minimum Gasteiger partial charge on any atom is -0.497 e. The van der Waals surface area contributed by atoms with E-state index in [9.17, 15) is 9.59 Å². The Morgan fingerprint density at radius 1 is 1.11 bits per heavy atom. The number of rotatable bonds is 6. The van der Waals surface area contributed by atoms with E-state index in [2.05, 4.69) is 15.5 Å². The topological polar surface area (TPSA) is 100 Å². The number of benzene rings is 1. The van der Waals surface area contributed by atoms with E-state index in [0.29, 0.717) is 23.0 Å². The highest BCUT2D eigenvalue weighted by Crippen LogP contribution is 2.27. The maximum Gasteiger partial charge on any atom is 0.270 e. The molecule has 0 spiro atoms. The van der Waals surface area contributed by atoms with Gasteiger partial charge in [0.1, 0.15) is 23.8 Å². The molecule has 146 valence electrons. The van der Waals surface area contributed by atoms with Gasteiger partial charge < -0.3 is 14.8 Å². The number of methoxy groups -OCH3 is 2. The number of carbonyl (C=O) groups is 1. The molecule has 28 heavy (non-hydrogen) atoms. The van der Waals surface area contributed by atoms with Crippen molar-refractivity contribution < 1.29 is 14.3 Å². The van der Waals surface area contributed by atoms with Gasteiger partial charge in [-0.25, -0.2) is 4.68 Å². The third-order valence-electron chi connectivity index (χ3n) is 4.11. The van der Waals surface area contributed by atoms with Crippen molar-refractivity contribution in [2.45, 2.75) is 13.5 Å². The number of anilines is 1. The molecular formula is C19H21N5O4. The molecule has 2 aromatic heterocycles. The van der Waals surface area contributed by atoms with Gasteiger partial charge in [0.25, 0.3) is 5.56 Å². The molecule has 0 fully saturated rings. The molecule has 0 unspecified atom stereocenters. The number of nitrogens with zero attached hydrogens (tertiary/aromatic N) is 4. The lowest BCUT2D eigenvalue weighted by molar-refractivity contribution is -0.117. The van der Waals surface area contributed by atoms with E-state index >= 15 is 0 Å². The van der Waals surface area contributed by atoms with Gasteiger partial charge in [0.05, 0.1) is 19.9 Å². The van der Waals surface area contributed by atoms with Crippen molar-refractivity contribution >= 4 is 11.7 Å². The highest BCUT2D eigenvalue weighted by atomic mass is 16.5. The molecule has 0 aliphatic rings. The molecule has 0 saturated heterocycles. The first-order valence-corrected chi connectivity index (χ1v) is 8.52. The largest absolute Gasteiger partial charge is 0.497 e. The molecule has 3 aromatic rings. The third-order valence-corrected chi connectivity index (χ3v) is 4.11. The highest BCUT2D eigenvalue weighted by molar-refractivity contribution is 5.89. The van der Waals surface area contributed by atoms with Gasteiger partial charge >= 0.3 is 0 Å². The molecule has 1 amide bonds. The summed E-state index contributed by atoms with van der Waals surface area (Å²) >= 11 is 0. The molecule has 2 heterocycles. The number of aromatic nitrogens is 4. The third kappa shape index (κ3) is 4.03. The summed E-state index contributed by atoms with van der Waals surface area (Å²) in [5.41, 5.74) is 1.52. The molecule has 0 aliphatic heterocycles. The number of amides is 1. The standard InChI is InChI=1S/C19H21N5O4/c1-12-9-16(23(2)21-12)20-17(25)11-24-18(26)10-15(28-4)19(22-24)13-5-7-14(27-3)8-6-13/h5-10H,11H2,1-4H3,(H,20,25). The Hall–Kier alpha value is -3.62. The van der Waals surface area contributed by atoms with Crippen LogP contribution in [0.15, 0.2) is 41.2 Å². The average Bonchev–Trinajstić information content (AvgIpc) is 2.99. The number of aryl methyl sites for hydroxylation is 2. The Kier molecular flexibility index (Phi) is 5.44. The minimum atomic E-state index is -0.439. The first-order chi connectivity index (χ1) is 13.4. The summed E-state index contributed by atoms with van der Waals surface area (Å²) in [6, 6.07) is 10.2. The zero-order valence-corrected chi connectivity index (χ0v) is 16.1. The summed E-state index contributed by atoms with van der Waals surface area (Å²) in [6.45, 7) is 1.59. The second-order valence-electron chi connectivity index (χ2n) is 6.13. The minimum absolute atomic E-state index is 0.240. The lowest BCUT2D eigenvalue weighted by atomic mass is 10.1. The molecule has 1 aromatic carbocycles. The molecule has 1 N–H and O–H groups in total. The first kappa shape index (κ1) is 19.2. The summed E-state index contributed by atoms with van der Waals surface area (Å²) in [5.74, 6) is 1.18. The number of nitrogens with one attached hydrogen (secondary N) is 1. The molecule has 0 bridgehead atoms. The van der Waals surface area contributed by atoms with Crippen molar-refractivity contribution in [3.05, 3.63) is 52.4 Å². The SMILES string of the molecule is COc1ccc(-c2nn(CC(=O)Nc3cc(C)nn3C)c(=O)cc2OC)cc1. The normalized spacial score (nSPS) is 10.6. The molecule has 0 radical (unpaired) electrons. The smallest absolute Gasteiger partial charge is 0.270 e. The van der Waals surface area contributed by atoms with Crippen molar-refractivity contribution in [3.63, 3.8) is 0 Å². The van der Waals surface area contributed by atoms with Gasteiger partial charge in [0, 0.05) is 24.7 Å². The number of hydrogen-bond donors (Lipinski definition) is 1. The zero-order valence-electron chi connectivity index (χ0n) is 16.1. The Morgan fingerprint density at radius 3 is 2.39 bits per heavy atom. The van der Waals surface area contributed by atoms with Crippen molar-refractivity contribution in [1.29, 1.82) is 0 Å². The van der Waals surface area contributed by atoms with Crippen LogP contribution in [0.5, 0.6) is 11.5 Å². The van der Waals surface area contributed by atoms with E-state index in [1.807, 2.05) is 6.92 Å². The first-order valence-electron chi connectivity index (χ1n) is 8.52. The average molecular weight is 383 g/mol. The lowest BCUT2D eigenvalue weighted by Crippen LogP contribution is -2.30. The quantitative estimate of drug-likeness (QED) is 0.694. The monoisotopic (exact) mass is 383 g/mol. The van der Waals surface area contributed by atoms with Crippen LogP contribution >= 0.6 is 0 Å². The van der Waals surface area contributed by atoms with Gasteiger partial charge in [0.15, 0.2) is 5.75 Å². The van der Waals surface area contributed by atoms with E-state index < -0.39 is 5.56 Å². The maximum atomic E-state index is 12.4. The van der Waals surface area contributed by atoms with Crippen LogP contribution in [0.1, 0.15) is 5.69 Å². The van der Waals surface area contributed by atoms with Crippen LogP contribution in [0.3, 0.4) is 0 Å². The van der Waals surface area contributed by atoms with Crippen LogP contribution < -0.4 is 20.3 Å². The lowest BCUT2D eigenvalue weighted by Gasteiger charge is -2.12. The fourth-order valence-electron chi connectivity index (χ4n) is 2.74. The molecule has 9 nitrogen and oxygen atoms in total. The van der Waals surface area contributed by atoms with E-state index in [-0.39, 0.29) is 12.5 Å². The molecule has 0 atom stereocenters. The molecular weight excluding hydrogens is 362 g/mol. The molecule has 0 aliphatic carbocycles. The van der Waals surface area contributed by atoms with Gasteiger partial charge in [-0.05, 0) is 31.2 Å². The Balaban J connectivity index is 1.89. The fourth-order valence-corrected chi connectivity index (χ4v) is 2.74. The van der Waals surface area contributed by atoms with Gasteiger partial charge in [-0.15, -0.1) is 0 Å². The van der Waals surface area contributed by atoms with Crippen molar-refractivity contribution in [3.8, 4) is 22.8 Å². The van der Waals surface area contributed by atoms with E-state index in [1.165, 1.54) is 13.2 Å². The van der Waals surface area contributed by atoms with E-state index in [4.69, 9.17) is 9.47 Å². The van der Waals surface area contributed by atoms with E-state index in [0.717, 1.165) is 15.9 Å². The van der Waals surface area contributed by atoms with Crippen LogP contribution in [-0.2, 0) is 18.4 Å². The summed E-state index contributed by atoms with van der Waals surface area (Å²) in [7, 11) is 4.77. The molecule has 9 heteroatoms. The van der Waals surface area contributed by atoms with Crippen LogP contribution in [0.4, 0.5) is 5.82 Å². The second kappa shape index (κ2) is 7.95. The van der Waals surface area contributed by atoms with Crippen LogP contribution in [-0.4, -0.2) is 39.7 Å². The zero-order chi connectivity index (χ0) is 20.3. The van der Waals surface area contributed by atoms with E-state index in [1.54, 1.807) is 49.2 Å². The van der Waals surface area contributed by atoms with Gasteiger partial charge in [-0.3, -0.25) is 14.3 Å². The second-order valence-corrected chi connectivity index (χ2v) is 6.13. The maximum absolute atomic E-state index is 12.4.